The van der Waals surface area contributed by atoms with Gasteiger partial charge in [-0.15, -0.1) is 0 Å². The molecule has 1 rings (SSSR count). The van der Waals surface area contributed by atoms with E-state index < -0.39 is 0 Å². The maximum Gasteiger partial charge on any atom is 0.0730 e. The molecule has 0 fully saturated rings. The van der Waals surface area contributed by atoms with Crippen molar-refractivity contribution in [2.75, 3.05) is 0 Å². The Kier molecular flexibility index (Phi) is 3.71. The first-order valence-electron chi connectivity index (χ1n) is 4.62. The zero-order valence-electron chi connectivity index (χ0n) is 8.03. The number of aliphatic hydroxyl groups excluding tert-OH is 1. The minimum atomic E-state index is -0.256. The van der Waals surface area contributed by atoms with Gasteiger partial charge in [0.05, 0.1) is 6.10 Å². The highest BCUT2D eigenvalue weighted by Gasteiger charge is 2.13. The molecule has 0 aromatic heterocycles. The summed E-state index contributed by atoms with van der Waals surface area (Å²) in [7, 11) is 0. The van der Waals surface area contributed by atoms with Gasteiger partial charge in [-0.05, 0) is 30.9 Å². The van der Waals surface area contributed by atoms with E-state index in [4.69, 9.17) is 0 Å². The summed E-state index contributed by atoms with van der Waals surface area (Å²) in [6.07, 6.45) is 11.3. The van der Waals surface area contributed by atoms with Crippen LogP contribution in [0.25, 0.3) is 0 Å². The predicted octanol–water partition coefficient (Wildman–Crippen LogP) is 2.76. The van der Waals surface area contributed by atoms with Crippen molar-refractivity contribution in [2.24, 2.45) is 0 Å². The molecular formula is C12H16O. The Bertz CT molecular complexity index is 269. The zero-order chi connectivity index (χ0) is 9.68. The van der Waals surface area contributed by atoms with Crippen molar-refractivity contribution in [3.63, 3.8) is 0 Å². The zero-order valence-corrected chi connectivity index (χ0v) is 8.03. The van der Waals surface area contributed by atoms with Crippen molar-refractivity contribution in [3.8, 4) is 0 Å². The lowest BCUT2D eigenvalue weighted by atomic mass is 10.0. The van der Waals surface area contributed by atoms with Crippen LogP contribution in [0.15, 0.2) is 48.1 Å². The minimum Gasteiger partial charge on any atom is -0.389 e. The van der Waals surface area contributed by atoms with Crippen LogP contribution in [0.2, 0.25) is 0 Å². The van der Waals surface area contributed by atoms with Gasteiger partial charge in [-0.2, -0.15) is 0 Å². The van der Waals surface area contributed by atoms with Gasteiger partial charge in [-0.1, -0.05) is 37.0 Å². The third-order valence-electron chi connectivity index (χ3n) is 2.12. The van der Waals surface area contributed by atoms with Crippen molar-refractivity contribution in [1.29, 1.82) is 0 Å². The molecule has 1 N–H and O–H groups in total. The van der Waals surface area contributed by atoms with Crippen molar-refractivity contribution >= 4 is 0 Å². The number of hydrogen-bond acceptors (Lipinski definition) is 1. The maximum absolute atomic E-state index is 9.33. The average Bonchev–Trinajstić information content (AvgIpc) is 2.51. The first kappa shape index (κ1) is 10.0. The SMILES string of the molecule is C=C/C=C(\C=C/C)C1=CC(O)CC1. The van der Waals surface area contributed by atoms with Gasteiger partial charge >= 0.3 is 0 Å². The minimum absolute atomic E-state index is 0.256. The third-order valence-corrected chi connectivity index (χ3v) is 2.12. The molecule has 0 spiro atoms. The molecular weight excluding hydrogens is 160 g/mol. The third kappa shape index (κ3) is 2.71. The fraction of sp³-hybridized carbons (Fsp3) is 0.333. The molecule has 0 aromatic rings. The normalized spacial score (nSPS) is 23.7. The Morgan fingerprint density at radius 1 is 1.69 bits per heavy atom. The molecule has 0 radical (unpaired) electrons. The Morgan fingerprint density at radius 2 is 2.46 bits per heavy atom. The topological polar surface area (TPSA) is 20.2 Å². The lowest BCUT2D eigenvalue weighted by Crippen LogP contribution is -1.93. The molecule has 1 unspecified atom stereocenters. The molecule has 1 heteroatoms. The van der Waals surface area contributed by atoms with Crippen LogP contribution in [-0.4, -0.2) is 11.2 Å². The highest BCUT2D eigenvalue weighted by molar-refractivity contribution is 5.43. The van der Waals surface area contributed by atoms with Crippen LogP contribution < -0.4 is 0 Å². The Balaban J connectivity index is 2.82. The Labute approximate surface area is 79.8 Å². The summed E-state index contributed by atoms with van der Waals surface area (Å²) in [5.74, 6) is 0. The molecule has 13 heavy (non-hydrogen) atoms. The van der Waals surface area contributed by atoms with Crippen LogP contribution in [0.5, 0.6) is 0 Å². The summed E-state index contributed by atoms with van der Waals surface area (Å²) in [5, 5.41) is 9.33. The highest BCUT2D eigenvalue weighted by atomic mass is 16.3. The number of rotatable bonds is 3. The lowest BCUT2D eigenvalue weighted by Gasteiger charge is -2.00. The second-order valence-corrected chi connectivity index (χ2v) is 3.16. The van der Waals surface area contributed by atoms with Gasteiger partial charge < -0.3 is 5.11 Å². The summed E-state index contributed by atoms with van der Waals surface area (Å²) in [5.41, 5.74) is 2.39. The molecule has 1 atom stereocenters. The summed E-state index contributed by atoms with van der Waals surface area (Å²) in [6, 6.07) is 0. The van der Waals surface area contributed by atoms with Crippen molar-refractivity contribution in [3.05, 3.63) is 48.1 Å². The Morgan fingerprint density at radius 3 is 2.92 bits per heavy atom. The maximum atomic E-state index is 9.33. The smallest absolute Gasteiger partial charge is 0.0730 e. The van der Waals surface area contributed by atoms with E-state index in [9.17, 15) is 5.11 Å². The van der Waals surface area contributed by atoms with Crippen LogP contribution >= 0.6 is 0 Å². The van der Waals surface area contributed by atoms with Gasteiger partial charge in [0.2, 0.25) is 0 Å². The molecule has 0 heterocycles. The fourth-order valence-electron chi connectivity index (χ4n) is 1.52. The summed E-state index contributed by atoms with van der Waals surface area (Å²) < 4.78 is 0. The standard InChI is InChI=1S/C12H16O/c1-3-5-10(6-4-2)11-7-8-12(13)9-11/h3-6,9,12-13H,1,7-8H2,2H3/b6-4-,10-5+. The summed E-state index contributed by atoms with van der Waals surface area (Å²) >= 11 is 0. The van der Waals surface area contributed by atoms with Crippen molar-refractivity contribution in [1.82, 2.24) is 0 Å². The first-order valence-corrected chi connectivity index (χ1v) is 4.62. The summed E-state index contributed by atoms with van der Waals surface area (Å²) in [6.45, 7) is 5.66. The molecule has 0 bridgehead atoms. The lowest BCUT2D eigenvalue weighted by molar-refractivity contribution is 0.223. The second kappa shape index (κ2) is 4.83. The van der Waals surface area contributed by atoms with E-state index >= 15 is 0 Å². The van der Waals surface area contributed by atoms with E-state index in [-0.39, 0.29) is 6.10 Å². The first-order chi connectivity index (χ1) is 6.27. The molecule has 0 aliphatic heterocycles. The van der Waals surface area contributed by atoms with Gasteiger partial charge in [0.25, 0.3) is 0 Å². The predicted molar refractivity (Wildman–Crippen MR) is 56.4 cm³/mol. The highest BCUT2D eigenvalue weighted by Crippen LogP contribution is 2.25. The van der Waals surface area contributed by atoms with Crippen molar-refractivity contribution in [2.45, 2.75) is 25.9 Å². The molecule has 0 saturated carbocycles. The van der Waals surface area contributed by atoms with Gasteiger partial charge in [-0.3, -0.25) is 0 Å². The van der Waals surface area contributed by atoms with E-state index in [2.05, 4.69) is 6.58 Å². The number of allylic oxidation sites excluding steroid dienone is 6. The quantitative estimate of drug-likeness (QED) is 0.655. The monoisotopic (exact) mass is 176 g/mol. The molecule has 0 saturated heterocycles. The molecule has 70 valence electrons. The largest absolute Gasteiger partial charge is 0.389 e. The van der Waals surface area contributed by atoms with Gasteiger partial charge in [0, 0.05) is 0 Å². The van der Waals surface area contributed by atoms with Gasteiger partial charge in [-0.25, -0.2) is 0 Å². The molecule has 1 aliphatic carbocycles. The number of aliphatic hydroxyl groups is 1. The average molecular weight is 176 g/mol. The van der Waals surface area contributed by atoms with E-state index in [1.807, 2.05) is 31.2 Å². The molecule has 1 nitrogen and oxygen atoms in total. The van der Waals surface area contributed by atoms with E-state index in [0.717, 1.165) is 18.4 Å². The second-order valence-electron chi connectivity index (χ2n) is 3.16. The molecule has 1 aliphatic rings. The van der Waals surface area contributed by atoms with E-state index in [1.165, 1.54) is 5.57 Å². The fourth-order valence-corrected chi connectivity index (χ4v) is 1.52. The molecule has 0 aromatic carbocycles. The Hall–Kier alpha value is -1.08. The summed E-state index contributed by atoms with van der Waals surface area (Å²) in [4.78, 5) is 0. The van der Waals surface area contributed by atoms with Crippen LogP contribution in [0.3, 0.4) is 0 Å². The van der Waals surface area contributed by atoms with E-state index in [1.54, 1.807) is 6.08 Å². The number of hydrogen-bond donors (Lipinski definition) is 1. The van der Waals surface area contributed by atoms with Crippen LogP contribution in [0, 0.1) is 0 Å². The van der Waals surface area contributed by atoms with Crippen LogP contribution in [0.1, 0.15) is 19.8 Å². The van der Waals surface area contributed by atoms with Gasteiger partial charge in [0.15, 0.2) is 0 Å². The van der Waals surface area contributed by atoms with E-state index in [0.29, 0.717) is 0 Å². The van der Waals surface area contributed by atoms with Crippen LogP contribution in [-0.2, 0) is 0 Å². The van der Waals surface area contributed by atoms with Crippen molar-refractivity contribution < 1.29 is 5.11 Å². The molecule has 0 amide bonds. The van der Waals surface area contributed by atoms with Gasteiger partial charge in [0.1, 0.15) is 0 Å². The van der Waals surface area contributed by atoms with Crippen LogP contribution in [0.4, 0.5) is 0 Å².